The van der Waals surface area contributed by atoms with Gasteiger partial charge in [-0.3, -0.25) is 0 Å². The molecule has 10 heteroatoms. The summed E-state index contributed by atoms with van der Waals surface area (Å²) < 4.78 is 4.77. The number of nitrogens with zero attached hydrogens (tertiary/aromatic N) is 6. The van der Waals surface area contributed by atoms with Crippen molar-refractivity contribution in [1.29, 1.82) is 0 Å². The van der Waals surface area contributed by atoms with Crippen molar-refractivity contribution in [3.05, 3.63) is 83.4 Å². The van der Waals surface area contributed by atoms with Crippen molar-refractivity contribution >= 4 is 23.6 Å². The molecule has 0 atom stereocenters. The molecule has 1 N–H and O–H groups in total. The van der Waals surface area contributed by atoms with Crippen LogP contribution < -0.4 is 9.80 Å². The maximum Gasteiger partial charge on any atom is 0.360 e. The number of hydrogen-bond acceptors (Lipinski definition) is 9. The van der Waals surface area contributed by atoms with Gasteiger partial charge in [0.15, 0.2) is 23.0 Å². The van der Waals surface area contributed by atoms with Gasteiger partial charge in [0.2, 0.25) is 0 Å². The van der Waals surface area contributed by atoms with Gasteiger partial charge >= 0.3 is 11.9 Å². The predicted octanol–water partition coefficient (Wildman–Crippen LogP) is 4.52. The van der Waals surface area contributed by atoms with E-state index < -0.39 is 11.9 Å². The first-order valence-electron chi connectivity index (χ1n) is 12.1. The molecular formula is C29H32N6O4. The van der Waals surface area contributed by atoms with Crippen molar-refractivity contribution in [2.75, 3.05) is 45.1 Å². The fourth-order valence-corrected chi connectivity index (χ4v) is 3.52. The second kappa shape index (κ2) is 12.6. The molecule has 0 unspecified atom stereocenters. The van der Waals surface area contributed by atoms with Gasteiger partial charge in [-0.2, -0.15) is 0 Å². The minimum Gasteiger partial charge on any atom is -0.476 e. The highest BCUT2D eigenvalue weighted by atomic mass is 16.5. The number of carbonyl (C=O) groups excluding carboxylic acids is 1. The fraction of sp³-hybridized carbons (Fsp3) is 0.241. The van der Waals surface area contributed by atoms with E-state index in [-0.39, 0.29) is 11.4 Å². The number of rotatable bonds is 6. The first-order chi connectivity index (χ1) is 18.5. The van der Waals surface area contributed by atoms with Crippen molar-refractivity contribution in [1.82, 2.24) is 19.9 Å². The molecule has 2 aromatic heterocycles. The molecule has 0 radical (unpaired) electrons. The van der Waals surface area contributed by atoms with E-state index in [0.717, 1.165) is 16.7 Å². The van der Waals surface area contributed by atoms with E-state index in [4.69, 9.17) is 4.74 Å². The zero-order valence-electron chi connectivity index (χ0n) is 23.1. The van der Waals surface area contributed by atoms with E-state index in [2.05, 4.69) is 19.9 Å². The van der Waals surface area contributed by atoms with Crippen LogP contribution in [0.3, 0.4) is 0 Å². The summed E-state index contributed by atoms with van der Waals surface area (Å²) >= 11 is 0. The third-order valence-corrected chi connectivity index (χ3v) is 5.63. The number of carboxylic acid groups (broad SMARTS) is 1. The van der Waals surface area contributed by atoms with Crippen molar-refractivity contribution < 1.29 is 19.4 Å². The SMILES string of the molecule is COC(=O)c1nc(-c2ccc(C)cc2)cnc1N(C)C.Cc1ccc(-c2cnc(N(C)C)c(C(=O)O)n2)cc1. The van der Waals surface area contributed by atoms with E-state index in [9.17, 15) is 14.7 Å². The number of hydrogen-bond donors (Lipinski definition) is 1. The van der Waals surface area contributed by atoms with Crippen LogP contribution in [-0.2, 0) is 4.74 Å². The highest BCUT2D eigenvalue weighted by molar-refractivity contribution is 5.93. The number of aromatic nitrogens is 4. The molecule has 0 saturated heterocycles. The Morgan fingerprint density at radius 3 is 1.44 bits per heavy atom. The summed E-state index contributed by atoms with van der Waals surface area (Å²) in [5, 5.41) is 9.20. The number of aryl methyl sites for hydroxylation is 2. The maximum atomic E-state index is 11.8. The van der Waals surface area contributed by atoms with Gasteiger partial charge in [0.25, 0.3) is 0 Å². The van der Waals surface area contributed by atoms with Gasteiger partial charge in [0, 0.05) is 39.3 Å². The van der Waals surface area contributed by atoms with Crippen LogP contribution in [-0.4, -0.2) is 72.3 Å². The number of aromatic carboxylic acids is 1. The van der Waals surface area contributed by atoms with Crippen LogP contribution in [0.4, 0.5) is 11.6 Å². The Kier molecular flexibility index (Phi) is 9.27. The molecular weight excluding hydrogens is 496 g/mol. The van der Waals surface area contributed by atoms with Crippen LogP contribution in [0.25, 0.3) is 22.5 Å². The highest BCUT2D eigenvalue weighted by Crippen LogP contribution is 2.23. The zero-order valence-corrected chi connectivity index (χ0v) is 23.1. The van der Waals surface area contributed by atoms with Crippen LogP contribution in [0, 0.1) is 13.8 Å². The Labute approximate surface area is 228 Å². The molecule has 10 nitrogen and oxygen atoms in total. The van der Waals surface area contributed by atoms with Crippen molar-refractivity contribution in [2.45, 2.75) is 13.8 Å². The van der Waals surface area contributed by atoms with Crippen molar-refractivity contribution in [3.63, 3.8) is 0 Å². The molecule has 0 aliphatic rings. The van der Waals surface area contributed by atoms with Gasteiger partial charge in [-0.1, -0.05) is 59.7 Å². The molecule has 0 saturated carbocycles. The molecule has 202 valence electrons. The van der Waals surface area contributed by atoms with E-state index in [1.165, 1.54) is 12.7 Å². The van der Waals surface area contributed by atoms with E-state index >= 15 is 0 Å². The topological polar surface area (TPSA) is 122 Å². The first kappa shape index (κ1) is 28.7. The number of carboxylic acids is 1. The molecule has 0 aliphatic carbocycles. The minimum absolute atomic E-state index is 0.0388. The van der Waals surface area contributed by atoms with E-state index in [1.807, 2.05) is 76.5 Å². The number of esters is 1. The van der Waals surface area contributed by atoms with E-state index in [0.29, 0.717) is 23.0 Å². The largest absolute Gasteiger partial charge is 0.476 e. The lowest BCUT2D eigenvalue weighted by atomic mass is 10.1. The second-order valence-corrected chi connectivity index (χ2v) is 9.17. The van der Waals surface area contributed by atoms with Gasteiger partial charge in [-0.15, -0.1) is 0 Å². The van der Waals surface area contributed by atoms with Gasteiger partial charge in [0.1, 0.15) is 0 Å². The zero-order chi connectivity index (χ0) is 28.7. The van der Waals surface area contributed by atoms with Crippen LogP contribution in [0.2, 0.25) is 0 Å². The molecule has 2 aromatic carbocycles. The Morgan fingerprint density at radius 2 is 1.08 bits per heavy atom. The number of methoxy groups -OCH3 is 1. The highest BCUT2D eigenvalue weighted by Gasteiger charge is 2.19. The normalized spacial score (nSPS) is 10.2. The Morgan fingerprint density at radius 1 is 0.692 bits per heavy atom. The summed E-state index contributed by atoms with van der Waals surface area (Å²) in [6, 6.07) is 15.6. The molecule has 0 bridgehead atoms. The third-order valence-electron chi connectivity index (χ3n) is 5.63. The van der Waals surface area contributed by atoms with Crippen LogP contribution in [0.15, 0.2) is 60.9 Å². The number of benzene rings is 2. The van der Waals surface area contributed by atoms with Gasteiger partial charge < -0.3 is 19.6 Å². The molecule has 2 heterocycles. The molecule has 0 fully saturated rings. The van der Waals surface area contributed by atoms with Crippen LogP contribution >= 0.6 is 0 Å². The van der Waals surface area contributed by atoms with Crippen molar-refractivity contribution in [3.8, 4) is 22.5 Å². The first-order valence-corrected chi connectivity index (χ1v) is 12.1. The van der Waals surface area contributed by atoms with Crippen LogP contribution in [0.5, 0.6) is 0 Å². The lowest BCUT2D eigenvalue weighted by Crippen LogP contribution is -2.18. The second-order valence-electron chi connectivity index (χ2n) is 9.17. The average Bonchev–Trinajstić information content (AvgIpc) is 2.93. The fourth-order valence-electron chi connectivity index (χ4n) is 3.52. The molecule has 0 spiro atoms. The summed E-state index contributed by atoms with van der Waals surface area (Å²) in [4.78, 5) is 43.5. The van der Waals surface area contributed by atoms with E-state index in [1.54, 1.807) is 36.3 Å². The third kappa shape index (κ3) is 7.13. The quantitative estimate of drug-likeness (QED) is 0.357. The summed E-state index contributed by atoms with van der Waals surface area (Å²) in [6.45, 7) is 4.01. The van der Waals surface area contributed by atoms with Gasteiger partial charge in [-0.25, -0.2) is 29.5 Å². The minimum atomic E-state index is -1.08. The standard InChI is InChI=1S/C15H17N3O2.C14H15N3O2/c1-10-5-7-11(8-6-10)12-9-16-14(18(2)3)13(17-12)15(19)20-4;1-9-4-6-10(7-5-9)11-8-15-13(17(2)3)12(16-11)14(18)19/h5-9H,1-4H3;4-8H,1-3H3,(H,18,19). The van der Waals surface area contributed by atoms with Crippen LogP contribution in [0.1, 0.15) is 32.1 Å². The smallest absolute Gasteiger partial charge is 0.360 e. The molecule has 4 rings (SSSR count). The predicted molar refractivity (Wildman–Crippen MR) is 151 cm³/mol. The Hall–Kier alpha value is -4.86. The summed E-state index contributed by atoms with van der Waals surface area (Å²) in [7, 11) is 8.43. The number of anilines is 2. The Balaban J connectivity index is 0.000000216. The summed E-state index contributed by atoms with van der Waals surface area (Å²) in [5.41, 5.74) is 5.46. The molecule has 39 heavy (non-hydrogen) atoms. The average molecular weight is 529 g/mol. The number of carbonyl (C=O) groups is 2. The van der Waals surface area contributed by atoms with Gasteiger partial charge in [0.05, 0.1) is 30.9 Å². The monoisotopic (exact) mass is 528 g/mol. The maximum absolute atomic E-state index is 11.8. The number of ether oxygens (including phenoxy) is 1. The lowest BCUT2D eigenvalue weighted by Gasteiger charge is -2.15. The molecule has 0 amide bonds. The molecule has 4 aromatic rings. The summed E-state index contributed by atoms with van der Waals surface area (Å²) in [6.07, 6.45) is 3.25. The lowest BCUT2D eigenvalue weighted by molar-refractivity contribution is 0.0593. The van der Waals surface area contributed by atoms with Crippen molar-refractivity contribution in [2.24, 2.45) is 0 Å². The molecule has 0 aliphatic heterocycles. The summed E-state index contributed by atoms with van der Waals surface area (Å²) in [5.74, 6) is -0.726. The Bertz CT molecular complexity index is 1450. The van der Waals surface area contributed by atoms with Gasteiger partial charge in [-0.05, 0) is 13.8 Å².